The summed E-state index contributed by atoms with van der Waals surface area (Å²) in [4.78, 5) is 3.57. The molecule has 1 heterocycles. The maximum absolute atomic E-state index is 3.57. The lowest BCUT2D eigenvalue weighted by Crippen LogP contribution is -1.86. The van der Waals surface area contributed by atoms with Gasteiger partial charge in [0, 0.05) is 16.6 Å². The molecule has 1 heteroatoms. The van der Waals surface area contributed by atoms with Crippen LogP contribution < -0.4 is 0 Å². The Morgan fingerprint density at radius 1 is 0.889 bits per heavy atom. The number of fused-ring (bicyclic) bond motifs is 1. The van der Waals surface area contributed by atoms with Gasteiger partial charge in [0.15, 0.2) is 0 Å². The number of rotatable bonds is 3. The van der Waals surface area contributed by atoms with E-state index in [-0.39, 0.29) is 0 Å². The molecule has 0 spiro atoms. The molecule has 1 N–H and O–H groups in total. The average Bonchev–Trinajstić information content (AvgIpc) is 2.80. The molecule has 0 bridgehead atoms. The summed E-state index contributed by atoms with van der Waals surface area (Å²) in [5, 5.41) is 1.36. The second-order valence-electron chi connectivity index (χ2n) is 4.64. The molecule has 18 heavy (non-hydrogen) atoms. The first-order valence-corrected chi connectivity index (χ1v) is 6.55. The fourth-order valence-corrected chi connectivity index (χ4v) is 2.56. The summed E-state index contributed by atoms with van der Waals surface area (Å²) in [5.74, 6) is 0. The summed E-state index contributed by atoms with van der Waals surface area (Å²) in [7, 11) is 0. The smallest absolute Gasteiger partial charge is 0.0497 e. The van der Waals surface area contributed by atoms with E-state index in [1.54, 1.807) is 0 Å². The van der Waals surface area contributed by atoms with Crippen LogP contribution in [0.5, 0.6) is 0 Å². The third-order valence-corrected chi connectivity index (χ3v) is 3.38. The Balaban J connectivity index is 2.25. The molecule has 0 aliphatic carbocycles. The molecule has 3 rings (SSSR count). The van der Waals surface area contributed by atoms with Crippen molar-refractivity contribution in [3.8, 4) is 11.3 Å². The van der Waals surface area contributed by atoms with Gasteiger partial charge in [0.1, 0.15) is 0 Å². The maximum atomic E-state index is 3.57. The Hall–Kier alpha value is -2.02. The first-order valence-electron chi connectivity index (χ1n) is 6.55. The number of para-hydroxylation sites is 1. The molecule has 0 fully saturated rings. The summed E-state index contributed by atoms with van der Waals surface area (Å²) in [6, 6.07) is 19.2. The average molecular weight is 235 g/mol. The molecule has 0 atom stereocenters. The van der Waals surface area contributed by atoms with Gasteiger partial charge in [0.25, 0.3) is 0 Å². The van der Waals surface area contributed by atoms with Gasteiger partial charge in [0.2, 0.25) is 0 Å². The summed E-state index contributed by atoms with van der Waals surface area (Å²) in [5.41, 5.74) is 5.23. The molecule has 0 aliphatic heterocycles. The van der Waals surface area contributed by atoms with E-state index in [4.69, 9.17) is 0 Å². The number of aromatic amines is 1. The summed E-state index contributed by atoms with van der Waals surface area (Å²) in [6.07, 6.45) is 2.29. The van der Waals surface area contributed by atoms with Crippen molar-refractivity contribution in [3.05, 3.63) is 60.2 Å². The van der Waals surface area contributed by atoms with Crippen LogP contribution in [0.4, 0.5) is 0 Å². The lowest BCUT2D eigenvalue weighted by Gasteiger charge is -2.03. The highest BCUT2D eigenvalue weighted by molar-refractivity contribution is 5.90. The van der Waals surface area contributed by atoms with Gasteiger partial charge in [-0.25, -0.2) is 0 Å². The molecule has 1 aromatic heterocycles. The van der Waals surface area contributed by atoms with Crippen LogP contribution in [0.3, 0.4) is 0 Å². The van der Waals surface area contributed by atoms with Crippen LogP contribution in [0.2, 0.25) is 0 Å². The largest absolute Gasteiger partial charge is 0.354 e. The summed E-state index contributed by atoms with van der Waals surface area (Å²) in [6.45, 7) is 2.23. The predicted octanol–water partition coefficient (Wildman–Crippen LogP) is 4.79. The lowest BCUT2D eigenvalue weighted by molar-refractivity contribution is 0.931. The molecule has 3 aromatic rings. The monoisotopic (exact) mass is 235 g/mol. The number of hydrogen-bond donors (Lipinski definition) is 1. The first-order chi connectivity index (χ1) is 8.90. The van der Waals surface area contributed by atoms with Gasteiger partial charge in [-0.2, -0.15) is 0 Å². The first kappa shape index (κ1) is 11.1. The van der Waals surface area contributed by atoms with Crippen molar-refractivity contribution < 1.29 is 0 Å². The Bertz CT molecular complexity index is 650. The van der Waals surface area contributed by atoms with E-state index >= 15 is 0 Å². The highest BCUT2D eigenvalue weighted by Gasteiger charge is 2.11. The zero-order valence-corrected chi connectivity index (χ0v) is 10.6. The molecular formula is C17H17N. The van der Waals surface area contributed by atoms with Gasteiger partial charge in [-0.05, 0) is 23.6 Å². The molecule has 0 amide bonds. The van der Waals surface area contributed by atoms with Gasteiger partial charge in [-0.3, -0.25) is 0 Å². The number of nitrogens with one attached hydrogen (secondary N) is 1. The van der Waals surface area contributed by atoms with Gasteiger partial charge in [-0.15, -0.1) is 0 Å². The van der Waals surface area contributed by atoms with Crippen LogP contribution in [0.25, 0.3) is 22.2 Å². The number of hydrogen-bond acceptors (Lipinski definition) is 0. The van der Waals surface area contributed by atoms with Crippen molar-refractivity contribution in [1.29, 1.82) is 0 Å². The van der Waals surface area contributed by atoms with Crippen molar-refractivity contribution in [3.63, 3.8) is 0 Å². The topological polar surface area (TPSA) is 15.8 Å². The Kier molecular flexibility index (Phi) is 2.89. The molecule has 0 radical (unpaired) electrons. The molecule has 1 nitrogen and oxygen atoms in total. The van der Waals surface area contributed by atoms with E-state index in [1.165, 1.54) is 34.1 Å². The zero-order chi connectivity index (χ0) is 12.4. The maximum Gasteiger partial charge on any atom is 0.0497 e. The summed E-state index contributed by atoms with van der Waals surface area (Å²) >= 11 is 0. The quantitative estimate of drug-likeness (QED) is 0.672. The molecule has 2 aromatic carbocycles. The molecule has 0 aliphatic rings. The van der Waals surface area contributed by atoms with Crippen LogP contribution in [0.1, 0.15) is 18.9 Å². The Morgan fingerprint density at radius 2 is 1.61 bits per heavy atom. The third-order valence-electron chi connectivity index (χ3n) is 3.38. The van der Waals surface area contributed by atoms with E-state index in [0.717, 1.165) is 6.42 Å². The fraction of sp³-hybridized carbons (Fsp3) is 0.176. The second-order valence-corrected chi connectivity index (χ2v) is 4.64. The SMILES string of the molecule is CCCc1c(-c2ccccc2)[nH]c2ccccc12. The molecular weight excluding hydrogens is 218 g/mol. The van der Waals surface area contributed by atoms with Crippen molar-refractivity contribution in [2.24, 2.45) is 0 Å². The molecule has 0 saturated heterocycles. The van der Waals surface area contributed by atoms with Gasteiger partial charge in [-0.1, -0.05) is 61.9 Å². The lowest BCUT2D eigenvalue weighted by atomic mass is 10.0. The third kappa shape index (κ3) is 1.82. The minimum Gasteiger partial charge on any atom is -0.354 e. The van der Waals surface area contributed by atoms with Crippen LogP contribution in [0, 0.1) is 0 Å². The van der Waals surface area contributed by atoms with Crippen molar-refractivity contribution in [2.45, 2.75) is 19.8 Å². The van der Waals surface area contributed by atoms with Gasteiger partial charge in [0.05, 0.1) is 0 Å². The normalized spacial score (nSPS) is 10.9. The number of H-pyrrole nitrogens is 1. The minimum absolute atomic E-state index is 1.12. The highest BCUT2D eigenvalue weighted by atomic mass is 14.7. The van der Waals surface area contributed by atoms with Crippen LogP contribution in [-0.2, 0) is 6.42 Å². The number of aromatic nitrogens is 1. The van der Waals surface area contributed by atoms with Crippen molar-refractivity contribution in [1.82, 2.24) is 4.98 Å². The zero-order valence-electron chi connectivity index (χ0n) is 10.6. The van der Waals surface area contributed by atoms with Gasteiger partial charge < -0.3 is 4.98 Å². The van der Waals surface area contributed by atoms with E-state index < -0.39 is 0 Å². The van der Waals surface area contributed by atoms with E-state index in [1.807, 2.05) is 0 Å². The highest BCUT2D eigenvalue weighted by Crippen LogP contribution is 2.30. The van der Waals surface area contributed by atoms with Crippen molar-refractivity contribution in [2.75, 3.05) is 0 Å². The fourth-order valence-electron chi connectivity index (χ4n) is 2.56. The van der Waals surface area contributed by atoms with Crippen LogP contribution >= 0.6 is 0 Å². The number of benzene rings is 2. The summed E-state index contributed by atoms with van der Waals surface area (Å²) < 4.78 is 0. The Labute approximate surface area is 107 Å². The minimum atomic E-state index is 1.12. The second kappa shape index (κ2) is 4.69. The van der Waals surface area contributed by atoms with E-state index in [0.29, 0.717) is 0 Å². The molecule has 0 unspecified atom stereocenters. The van der Waals surface area contributed by atoms with E-state index in [9.17, 15) is 0 Å². The predicted molar refractivity (Wildman–Crippen MR) is 77.7 cm³/mol. The Morgan fingerprint density at radius 3 is 2.39 bits per heavy atom. The van der Waals surface area contributed by atoms with Crippen molar-refractivity contribution >= 4 is 10.9 Å². The molecule has 90 valence electrons. The standard InChI is InChI=1S/C17H17N/c1-2-8-15-14-11-6-7-12-16(14)18-17(15)13-9-4-3-5-10-13/h3-7,9-12,18H,2,8H2,1H3. The van der Waals surface area contributed by atoms with Gasteiger partial charge >= 0.3 is 0 Å². The van der Waals surface area contributed by atoms with Crippen LogP contribution in [0.15, 0.2) is 54.6 Å². The van der Waals surface area contributed by atoms with E-state index in [2.05, 4.69) is 66.5 Å². The van der Waals surface area contributed by atoms with Crippen LogP contribution in [-0.4, -0.2) is 4.98 Å². The number of aryl methyl sites for hydroxylation is 1. The molecule has 0 saturated carbocycles.